The van der Waals surface area contributed by atoms with Gasteiger partial charge in [0.2, 0.25) is 11.8 Å². The van der Waals surface area contributed by atoms with Crippen LogP contribution in [0.5, 0.6) is 11.5 Å². The summed E-state index contributed by atoms with van der Waals surface area (Å²) in [6.45, 7) is -0.0374. The normalized spacial score (nSPS) is 17.3. The first-order valence-electron chi connectivity index (χ1n) is 19.2. The summed E-state index contributed by atoms with van der Waals surface area (Å²) in [5, 5.41) is 3.06. The molecule has 1 N–H and O–H groups in total. The lowest BCUT2D eigenvalue weighted by atomic mass is 9.91. The predicted octanol–water partition coefficient (Wildman–Crippen LogP) is 9.20. The van der Waals surface area contributed by atoms with E-state index >= 15 is 0 Å². The van der Waals surface area contributed by atoms with Gasteiger partial charge in [0.05, 0.1) is 6.61 Å². The summed E-state index contributed by atoms with van der Waals surface area (Å²) in [6.07, 6.45) is 3.43. The number of halogens is 4. The number of nitrogens with zero attached hydrogens (tertiary/aromatic N) is 3. The molecule has 2 aliphatic rings. The van der Waals surface area contributed by atoms with Crippen molar-refractivity contribution in [3.8, 4) is 45.5 Å². The van der Waals surface area contributed by atoms with Gasteiger partial charge >= 0.3 is 19.2 Å². The molecule has 4 heterocycles. The molecule has 0 spiro atoms. The number of carbonyl (C=O) groups is 1. The zero-order chi connectivity index (χ0) is 40.5. The van der Waals surface area contributed by atoms with Crippen LogP contribution in [0, 0.1) is 13.8 Å². The van der Waals surface area contributed by atoms with Gasteiger partial charge in [0.15, 0.2) is 11.2 Å². The van der Waals surface area contributed by atoms with Crippen molar-refractivity contribution in [2.45, 2.75) is 78.0 Å². The molecule has 2 atom stereocenters. The highest BCUT2D eigenvalue weighted by Crippen LogP contribution is 2.40. The number of hydrogen-bond donors (Lipinski definition) is 1. The van der Waals surface area contributed by atoms with Crippen molar-refractivity contribution < 1.29 is 50.1 Å². The molecule has 0 bridgehead atoms. The molecule has 0 amide bonds. The van der Waals surface area contributed by atoms with Crippen LogP contribution in [0.4, 0.5) is 17.6 Å². The van der Waals surface area contributed by atoms with E-state index in [1.807, 2.05) is 50.2 Å². The minimum Gasteiger partial charge on any atom is -0.460 e. The van der Waals surface area contributed by atoms with Crippen molar-refractivity contribution in [1.82, 2.24) is 20.2 Å². The number of aromatic nitrogens is 2. The van der Waals surface area contributed by atoms with Crippen LogP contribution in [-0.4, -0.2) is 73.0 Å². The standard InChI is InChI=1S/C43H42F4N4O7/c1-23-28(9-4-11-30(23)39-49-33-16-25(20-51-15-7-8-27(51)22-53-3)35(57-42(44)45)18-37(33)55-39)29-10-5-12-31(24(29)2)40-50-34-17-26(21-54-41(52)32-13-6-14-48-32)36(58-43(46)47)19-38(34)56-40/h4-5,9-12,16-19,27,32,42-43,48H,6-8,13-15,20-22H2,1-3H3/t27?,32-/m0/s1. The Morgan fingerprint density at radius 3 is 1.93 bits per heavy atom. The summed E-state index contributed by atoms with van der Waals surface area (Å²) in [7, 11) is 1.65. The maximum absolute atomic E-state index is 13.6. The largest absolute Gasteiger partial charge is 0.460 e. The van der Waals surface area contributed by atoms with Gasteiger partial charge in [-0.3, -0.25) is 9.69 Å². The zero-order valence-electron chi connectivity index (χ0n) is 32.2. The molecule has 6 aromatic rings. The van der Waals surface area contributed by atoms with Gasteiger partial charge in [0.1, 0.15) is 35.2 Å². The molecule has 0 saturated carbocycles. The van der Waals surface area contributed by atoms with Crippen LogP contribution in [0.1, 0.15) is 47.9 Å². The van der Waals surface area contributed by atoms with E-state index < -0.39 is 25.2 Å². The van der Waals surface area contributed by atoms with E-state index in [4.69, 9.17) is 37.7 Å². The number of methoxy groups -OCH3 is 1. The summed E-state index contributed by atoms with van der Waals surface area (Å²) in [5.41, 5.74) is 7.06. The Hall–Kier alpha value is -5.51. The lowest BCUT2D eigenvalue weighted by molar-refractivity contribution is -0.147. The van der Waals surface area contributed by atoms with Gasteiger partial charge in [0, 0.05) is 54.1 Å². The highest BCUT2D eigenvalue weighted by molar-refractivity contribution is 5.85. The summed E-state index contributed by atoms with van der Waals surface area (Å²) >= 11 is 0. The van der Waals surface area contributed by atoms with E-state index in [1.54, 1.807) is 13.2 Å². The summed E-state index contributed by atoms with van der Waals surface area (Å²) in [4.78, 5) is 24.3. The van der Waals surface area contributed by atoms with Crippen molar-refractivity contribution in [1.29, 1.82) is 0 Å². The lowest BCUT2D eigenvalue weighted by Gasteiger charge is -2.24. The SMILES string of the molecule is COCC1CCCN1Cc1cc2nc(-c3cccc(-c4cccc(-c5nc6cc(COC(=O)[C@@H]7CCCN7)c(OC(F)F)cc6o5)c4C)c3C)oc2cc1OC(F)F. The third-order valence-electron chi connectivity index (χ3n) is 10.9. The average molecular weight is 803 g/mol. The fraction of sp³-hybridized carbons (Fsp3) is 0.372. The van der Waals surface area contributed by atoms with E-state index in [0.717, 1.165) is 48.1 Å². The number of alkyl halides is 4. The topological polar surface area (TPSA) is 121 Å². The molecule has 0 aliphatic carbocycles. The van der Waals surface area contributed by atoms with E-state index in [-0.39, 0.29) is 41.2 Å². The molecule has 2 aliphatic heterocycles. The number of oxazole rings is 2. The van der Waals surface area contributed by atoms with Crippen molar-refractivity contribution in [3.63, 3.8) is 0 Å². The summed E-state index contributed by atoms with van der Waals surface area (Å²) < 4.78 is 87.0. The number of carbonyl (C=O) groups excluding carboxylic acids is 1. The zero-order valence-corrected chi connectivity index (χ0v) is 32.2. The summed E-state index contributed by atoms with van der Waals surface area (Å²) in [5.74, 6) is -0.0137. The number of esters is 1. The monoisotopic (exact) mass is 802 g/mol. The van der Waals surface area contributed by atoms with Crippen LogP contribution < -0.4 is 14.8 Å². The van der Waals surface area contributed by atoms with Crippen molar-refractivity contribution in [3.05, 3.63) is 82.9 Å². The Labute approximate surface area is 331 Å². The van der Waals surface area contributed by atoms with Crippen molar-refractivity contribution in [2.75, 3.05) is 26.8 Å². The van der Waals surface area contributed by atoms with Crippen LogP contribution in [0.25, 0.3) is 56.2 Å². The third-order valence-corrected chi connectivity index (χ3v) is 10.9. The maximum Gasteiger partial charge on any atom is 0.387 e. The molecule has 15 heteroatoms. The smallest absolute Gasteiger partial charge is 0.387 e. The second-order valence-electron chi connectivity index (χ2n) is 14.6. The van der Waals surface area contributed by atoms with E-state index in [0.29, 0.717) is 65.3 Å². The molecule has 11 nitrogen and oxygen atoms in total. The van der Waals surface area contributed by atoms with Gasteiger partial charge in [0.25, 0.3) is 0 Å². The molecule has 2 aromatic heterocycles. The van der Waals surface area contributed by atoms with Gasteiger partial charge < -0.3 is 33.1 Å². The highest BCUT2D eigenvalue weighted by atomic mass is 19.3. The minimum atomic E-state index is -3.11. The quantitative estimate of drug-likeness (QED) is 0.0838. The Kier molecular flexibility index (Phi) is 11.4. The second-order valence-corrected chi connectivity index (χ2v) is 14.6. The van der Waals surface area contributed by atoms with Gasteiger partial charge in [-0.1, -0.05) is 24.3 Å². The number of likely N-dealkylation sites (tertiary alicyclic amines) is 1. The van der Waals surface area contributed by atoms with Crippen molar-refractivity contribution >= 4 is 28.2 Å². The average Bonchev–Trinajstić information content (AvgIpc) is 4.02. The number of benzene rings is 4. The van der Waals surface area contributed by atoms with Gasteiger partial charge in [-0.25, -0.2) is 9.97 Å². The first kappa shape index (κ1) is 39.3. The van der Waals surface area contributed by atoms with Crippen LogP contribution in [0.3, 0.4) is 0 Å². The maximum atomic E-state index is 13.6. The molecule has 1 unspecified atom stereocenters. The number of nitrogens with one attached hydrogen (secondary N) is 1. The van der Waals surface area contributed by atoms with Crippen LogP contribution in [-0.2, 0) is 27.4 Å². The number of ether oxygens (including phenoxy) is 4. The van der Waals surface area contributed by atoms with E-state index in [9.17, 15) is 22.4 Å². The molecular formula is C43H42F4N4O7. The Morgan fingerprint density at radius 2 is 1.38 bits per heavy atom. The Morgan fingerprint density at radius 1 is 0.810 bits per heavy atom. The Bertz CT molecular complexity index is 2450. The van der Waals surface area contributed by atoms with Gasteiger partial charge in [-0.2, -0.15) is 17.6 Å². The lowest BCUT2D eigenvalue weighted by Crippen LogP contribution is -2.32. The van der Waals surface area contributed by atoms with E-state index in [1.165, 1.54) is 18.2 Å². The highest BCUT2D eigenvalue weighted by Gasteiger charge is 2.28. The fourth-order valence-corrected chi connectivity index (χ4v) is 8.03. The minimum absolute atomic E-state index is 0.0414. The number of rotatable bonds is 14. The molecule has 2 fully saturated rings. The first-order chi connectivity index (χ1) is 28.1. The van der Waals surface area contributed by atoms with Crippen molar-refractivity contribution in [2.24, 2.45) is 0 Å². The molecule has 8 rings (SSSR count). The van der Waals surface area contributed by atoms with Gasteiger partial charge in [-0.15, -0.1) is 0 Å². The van der Waals surface area contributed by atoms with Gasteiger partial charge in [-0.05, 0) is 99.1 Å². The molecule has 58 heavy (non-hydrogen) atoms. The third kappa shape index (κ3) is 8.11. The van der Waals surface area contributed by atoms with Crippen LogP contribution in [0.15, 0.2) is 69.5 Å². The Balaban J connectivity index is 1.10. The first-order valence-corrected chi connectivity index (χ1v) is 19.2. The molecule has 2 saturated heterocycles. The fourth-order valence-electron chi connectivity index (χ4n) is 8.03. The number of hydrogen-bond acceptors (Lipinski definition) is 11. The van der Waals surface area contributed by atoms with E-state index in [2.05, 4.69) is 10.2 Å². The molecule has 304 valence electrons. The molecule has 0 radical (unpaired) electrons. The van der Waals surface area contributed by atoms with Crippen LogP contribution >= 0.6 is 0 Å². The second kappa shape index (κ2) is 16.8. The van der Waals surface area contributed by atoms with Crippen LogP contribution in [0.2, 0.25) is 0 Å². The molecule has 4 aromatic carbocycles. The molecular weight excluding hydrogens is 760 g/mol. The predicted molar refractivity (Wildman–Crippen MR) is 207 cm³/mol. The summed E-state index contributed by atoms with van der Waals surface area (Å²) in [6, 6.07) is 17.3. The number of fused-ring (bicyclic) bond motifs is 2.